The third kappa shape index (κ3) is 5.00. The summed E-state index contributed by atoms with van der Waals surface area (Å²) in [6.07, 6.45) is 5.27. The Kier molecular flexibility index (Phi) is 6.58. The summed E-state index contributed by atoms with van der Waals surface area (Å²) in [6.45, 7) is 10.3. The summed E-state index contributed by atoms with van der Waals surface area (Å²) in [5, 5.41) is 3.46. The molecule has 1 aromatic carbocycles. The van der Waals surface area contributed by atoms with Gasteiger partial charge in [-0.05, 0) is 68.8 Å². The molecule has 0 aliphatic carbocycles. The molecule has 2 saturated heterocycles. The first-order chi connectivity index (χ1) is 12.5. The largest absolute Gasteiger partial charge is 0.490 e. The monoisotopic (exact) mass is 358 g/mol. The maximum absolute atomic E-state index is 12.7. The van der Waals surface area contributed by atoms with E-state index in [1.165, 1.54) is 24.0 Å². The second kappa shape index (κ2) is 8.90. The molecule has 0 bridgehead atoms. The molecule has 4 heteroatoms. The number of nitrogens with one attached hydrogen (secondary N) is 1. The molecule has 0 radical (unpaired) electrons. The van der Waals surface area contributed by atoms with E-state index in [2.05, 4.69) is 49.2 Å². The number of benzene rings is 1. The molecule has 1 amide bonds. The predicted octanol–water partition coefficient (Wildman–Crippen LogP) is 3.70. The summed E-state index contributed by atoms with van der Waals surface area (Å²) in [4.78, 5) is 14.7. The molecule has 2 aliphatic rings. The van der Waals surface area contributed by atoms with Gasteiger partial charge in [0.15, 0.2) is 0 Å². The van der Waals surface area contributed by atoms with Crippen LogP contribution in [0.3, 0.4) is 0 Å². The van der Waals surface area contributed by atoms with Gasteiger partial charge < -0.3 is 15.0 Å². The summed E-state index contributed by atoms with van der Waals surface area (Å²) in [5.74, 6) is 2.44. The molecule has 0 aromatic heterocycles. The molecule has 2 unspecified atom stereocenters. The van der Waals surface area contributed by atoms with Gasteiger partial charge in [0.2, 0.25) is 5.91 Å². The number of nitrogens with zero attached hydrogens (tertiary/aromatic N) is 1. The van der Waals surface area contributed by atoms with Crippen LogP contribution in [0.15, 0.2) is 18.2 Å². The van der Waals surface area contributed by atoms with Crippen LogP contribution in [0.25, 0.3) is 0 Å². The van der Waals surface area contributed by atoms with Crippen LogP contribution in [0.1, 0.15) is 50.2 Å². The number of piperidine rings is 2. The SMILES string of the molecule is Cc1ccc(C)c(OC2CCN(C(=O)CC(C)C3CCCNC3)CC2)c1. The van der Waals surface area contributed by atoms with Gasteiger partial charge in [-0.3, -0.25) is 4.79 Å². The molecular formula is C22H34N2O2. The van der Waals surface area contributed by atoms with Crippen molar-refractivity contribution in [3.05, 3.63) is 29.3 Å². The van der Waals surface area contributed by atoms with Gasteiger partial charge in [0, 0.05) is 32.4 Å². The summed E-state index contributed by atoms with van der Waals surface area (Å²) < 4.78 is 6.23. The first kappa shape index (κ1) is 19.2. The lowest BCUT2D eigenvalue weighted by atomic mass is 9.85. The number of hydrogen-bond acceptors (Lipinski definition) is 3. The summed E-state index contributed by atoms with van der Waals surface area (Å²) in [6, 6.07) is 6.35. The number of aryl methyl sites for hydroxylation is 2. The topological polar surface area (TPSA) is 41.6 Å². The van der Waals surface area contributed by atoms with Gasteiger partial charge in [-0.1, -0.05) is 19.1 Å². The van der Waals surface area contributed by atoms with E-state index in [0.29, 0.717) is 24.2 Å². The van der Waals surface area contributed by atoms with Crippen molar-refractivity contribution < 1.29 is 9.53 Å². The van der Waals surface area contributed by atoms with Gasteiger partial charge in [0.25, 0.3) is 0 Å². The van der Waals surface area contributed by atoms with Crippen LogP contribution >= 0.6 is 0 Å². The molecule has 1 N–H and O–H groups in total. The molecule has 2 aliphatic heterocycles. The third-order valence-electron chi connectivity index (χ3n) is 6.07. The van der Waals surface area contributed by atoms with Crippen LogP contribution in [0.2, 0.25) is 0 Å². The molecule has 0 saturated carbocycles. The number of carbonyl (C=O) groups excluding carboxylic acids is 1. The van der Waals surface area contributed by atoms with Crippen molar-refractivity contribution >= 4 is 5.91 Å². The third-order valence-corrected chi connectivity index (χ3v) is 6.07. The van der Waals surface area contributed by atoms with E-state index >= 15 is 0 Å². The molecule has 26 heavy (non-hydrogen) atoms. The summed E-state index contributed by atoms with van der Waals surface area (Å²) in [7, 11) is 0. The fourth-order valence-corrected chi connectivity index (χ4v) is 4.17. The number of hydrogen-bond donors (Lipinski definition) is 1. The van der Waals surface area contributed by atoms with Crippen molar-refractivity contribution in [2.24, 2.45) is 11.8 Å². The molecule has 0 spiro atoms. The normalized spacial score (nSPS) is 22.9. The van der Waals surface area contributed by atoms with E-state index in [1.54, 1.807) is 0 Å². The Balaban J connectivity index is 1.45. The number of carbonyl (C=O) groups is 1. The van der Waals surface area contributed by atoms with Gasteiger partial charge in [0.1, 0.15) is 11.9 Å². The van der Waals surface area contributed by atoms with Gasteiger partial charge in [0.05, 0.1) is 0 Å². The second-order valence-electron chi connectivity index (χ2n) is 8.25. The average molecular weight is 359 g/mol. The van der Waals surface area contributed by atoms with Crippen LogP contribution in [-0.4, -0.2) is 43.1 Å². The molecule has 3 rings (SSSR count). The van der Waals surface area contributed by atoms with E-state index in [1.807, 2.05) is 0 Å². The van der Waals surface area contributed by atoms with E-state index in [0.717, 1.165) is 44.8 Å². The summed E-state index contributed by atoms with van der Waals surface area (Å²) >= 11 is 0. The number of ether oxygens (including phenoxy) is 1. The van der Waals surface area contributed by atoms with E-state index < -0.39 is 0 Å². The van der Waals surface area contributed by atoms with Crippen LogP contribution < -0.4 is 10.1 Å². The van der Waals surface area contributed by atoms with Crippen LogP contribution in [0.4, 0.5) is 0 Å². The lowest BCUT2D eigenvalue weighted by Gasteiger charge is -2.34. The molecule has 4 nitrogen and oxygen atoms in total. The first-order valence-electron chi connectivity index (χ1n) is 10.3. The van der Waals surface area contributed by atoms with Crippen LogP contribution in [0.5, 0.6) is 5.75 Å². The van der Waals surface area contributed by atoms with Crippen molar-refractivity contribution in [3.8, 4) is 5.75 Å². The molecule has 2 fully saturated rings. The van der Waals surface area contributed by atoms with E-state index in [-0.39, 0.29) is 6.10 Å². The standard InChI is InChI=1S/C22H34N2O2/c1-16-6-7-17(2)21(13-16)26-20-8-11-24(12-9-20)22(25)14-18(3)19-5-4-10-23-15-19/h6-7,13,18-20,23H,4-5,8-12,14-15H2,1-3H3. The zero-order valence-electron chi connectivity index (χ0n) is 16.6. The predicted molar refractivity (Wildman–Crippen MR) is 106 cm³/mol. The Morgan fingerprint density at radius 1 is 1.27 bits per heavy atom. The van der Waals surface area contributed by atoms with E-state index in [4.69, 9.17) is 4.74 Å². The van der Waals surface area contributed by atoms with Crippen LogP contribution in [0, 0.1) is 25.7 Å². The fraction of sp³-hybridized carbons (Fsp3) is 0.682. The highest BCUT2D eigenvalue weighted by molar-refractivity contribution is 5.76. The quantitative estimate of drug-likeness (QED) is 0.873. The molecule has 1 aromatic rings. The number of likely N-dealkylation sites (tertiary alicyclic amines) is 1. The first-order valence-corrected chi connectivity index (χ1v) is 10.3. The van der Waals surface area contributed by atoms with Crippen molar-refractivity contribution in [1.82, 2.24) is 10.2 Å². The zero-order valence-corrected chi connectivity index (χ0v) is 16.6. The van der Waals surface area contributed by atoms with Crippen molar-refractivity contribution in [1.29, 1.82) is 0 Å². The Hall–Kier alpha value is -1.55. The highest BCUT2D eigenvalue weighted by Crippen LogP contribution is 2.26. The second-order valence-corrected chi connectivity index (χ2v) is 8.25. The number of rotatable bonds is 5. The lowest BCUT2D eigenvalue weighted by Crippen LogP contribution is -2.43. The number of amides is 1. The van der Waals surface area contributed by atoms with Gasteiger partial charge >= 0.3 is 0 Å². The molecular weight excluding hydrogens is 324 g/mol. The highest BCUT2D eigenvalue weighted by Gasteiger charge is 2.27. The minimum absolute atomic E-state index is 0.222. The molecule has 2 atom stereocenters. The van der Waals surface area contributed by atoms with Crippen molar-refractivity contribution in [3.63, 3.8) is 0 Å². The minimum atomic E-state index is 0.222. The fourth-order valence-electron chi connectivity index (χ4n) is 4.17. The van der Waals surface area contributed by atoms with E-state index in [9.17, 15) is 4.79 Å². The van der Waals surface area contributed by atoms with Gasteiger partial charge in [-0.25, -0.2) is 0 Å². The van der Waals surface area contributed by atoms with Gasteiger partial charge in [-0.2, -0.15) is 0 Å². The Morgan fingerprint density at radius 2 is 2.04 bits per heavy atom. The van der Waals surface area contributed by atoms with Crippen molar-refractivity contribution in [2.75, 3.05) is 26.2 Å². The lowest BCUT2D eigenvalue weighted by molar-refractivity contribution is -0.134. The summed E-state index contributed by atoms with van der Waals surface area (Å²) in [5.41, 5.74) is 2.41. The maximum Gasteiger partial charge on any atom is 0.222 e. The molecule has 2 heterocycles. The van der Waals surface area contributed by atoms with Crippen LogP contribution in [-0.2, 0) is 4.79 Å². The average Bonchev–Trinajstić information content (AvgIpc) is 2.66. The Bertz CT molecular complexity index is 602. The Labute approximate surface area is 158 Å². The zero-order chi connectivity index (χ0) is 18.5. The maximum atomic E-state index is 12.7. The van der Waals surface area contributed by atoms with Crippen molar-refractivity contribution in [2.45, 2.75) is 59.0 Å². The van der Waals surface area contributed by atoms with Gasteiger partial charge in [-0.15, -0.1) is 0 Å². The Morgan fingerprint density at radius 3 is 2.73 bits per heavy atom. The minimum Gasteiger partial charge on any atom is -0.490 e. The highest BCUT2D eigenvalue weighted by atomic mass is 16.5. The molecule has 144 valence electrons. The smallest absolute Gasteiger partial charge is 0.222 e.